The standard InChI is InChI=1S/C23H21Cl2FN4O3/c1-11-21-12(5-14(24)8-16(21)25)3-4-30(11)20(31)10-28-18-6-13-7-19(23(33)27-2)29-22(32)15(13)9-17(18)26/h5-9,11,28H,3-4,10H2,1-2H3,(H,27,33)(H,29,32). The van der Waals surface area contributed by atoms with Crippen molar-refractivity contribution >= 4 is 51.5 Å². The van der Waals surface area contributed by atoms with Gasteiger partial charge in [0, 0.05) is 23.6 Å². The van der Waals surface area contributed by atoms with E-state index in [1.54, 1.807) is 11.0 Å². The van der Waals surface area contributed by atoms with E-state index < -0.39 is 17.3 Å². The van der Waals surface area contributed by atoms with E-state index in [0.717, 1.165) is 17.2 Å². The van der Waals surface area contributed by atoms with E-state index in [4.69, 9.17) is 23.2 Å². The molecule has 0 saturated carbocycles. The van der Waals surface area contributed by atoms with Gasteiger partial charge in [-0.2, -0.15) is 0 Å². The number of aromatic amines is 1. The monoisotopic (exact) mass is 490 g/mol. The van der Waals surface area contributed by atoms with Crippen LogP contribution in [-0.2, 0) is 11.2 Å². The number of benzene rings is 2. The second-order valence-electron chi connectivity index (χ2n) is 7.84. The Hall–Kier alpha value is -3.10. The Morgan fingerprint density at radius 2 is 1.97 bits per heavy atom. The van der Waals surface area contributed by atoms with Gasteiger partial charge in [0.1, 0.15) is 11.5 Å². The average molecular weight is 491 g/mol. The molecule has 1 aliphatic rings. The smallest absolute Gasteiger partial charge is 0.267 e. The van der Waals surface area contributed by atoms with Gasteiger partial charge in [-0.15, -0.1) is 0 Å². The summed E-state index contributed by atoms with van der Waals surface area (Å²) in [5, 5.41) is 6.78. The first-order valence-corrected chi connectivity index (χ1v) is 11.0. The van der Waals surface area contributed by atoms with Crippen LogP contribution in [0.1, 0.15) is 34.6 Å². The van der Waals surface area contributed by atoms with Crippen molar-refractivity contribution in [1.82, 2.24) is 15.2 Å². The van der Waals surface area contributed by atoms with Crippen LogP contribution in [0.5, 0.6) is 0 Å². The summed E-state index contributed by atoms with van der Waals surface area (Å²) in [6.07, 6.45) is 0.612. The van der Waals surface area contributed by atoms with Crippen molar-refractivity contribution in [2.75, 3.05) is 25.5 Å². The molecular weight excluding hydrogens is 470 g/mol. The highest BCUT2D eigenvalue weighted by molar-refractivity contribution is 6.35. The highest BCUT2D eigenvalue weighted by Gasteiger charge is 2.29. The first-order valence-electron chi connectivity index (χ1n) is 10.3. The molecule has 0 fully saturated rings. The maximum Gasteiger partial charge on any atom is 0.267 e. The summed E-state index contributed by atoms with van der Waals surface area (Å²) in [6, 6.07) is 7.20. The van der Waals surface area contributed by atoms with E-state index >= 15 is 0 Å². The molecule has 1 aliphatic heterocycles. The van der Waals surface area contributed by atoms with Crippen LogP contribution in [0.3, 0.4) is 0 Å². The van der Waals surface area contributed by atoms with Crippen LogP contribution in [0.25, 0.3) is 10.8 Å². The topological polar surface area (TPSA) is 94.3 Å². The summed E-state index contributed by atoms with van der Waals surface area (Å²) < 4.78 is 14.6. The molecule has 3 aromatic rings. The third-order valence-electron chi connectivity index (χ3n) is 5.84. The number of carbonyl (C=O) groups is 2. The van der Waals surface area contributed by atoms with E-state index in [1.807, 2.05) is 13.0 Å². The van der Waals surface area contributed by atoms with Crippen LogP contribution >= 0.6 is 23.2 Å². The van der Waals surface area contributed by atoms with Crippen molar-refractivity contribution in [3.05, 3.63) is 73.4 Å². The summed E-state index contributed by atoms with van der Waals surface area (Å²) in [5.41, 5.74) is 1.40. The Morgan fingerprint density at radius 1 is 1.21 bits per heavy atom. The van der Waals surface area contributed by atoms with Gasteiger partial charge in [-0.05, 0) is 60.2 Å². The van der Waals surface area contributed by atoms with Crippen molar-refractivity contribution in [3.63, 3.8) is 0 Å². The molecule has 2 heterocycles. The number of H-pyrrole nitrogens is 1. The minimum absolute atomic E-state index is 0.0548. The number of fused-ring (bicyclic) bond motifs is 2. The lowest BCUT2D eigenvalue weighted by molar-refractivity contribution is -0.131. The van der Waals surface area contributed by atoms with Gasteiger partial charge in [-0.3, -0.25) is 14.4 Å². The van der Waals surface area contributed by atoms with Crippen molar-refractivity contribution in [3.8, 4) is 0 Å². The van der Waals surface area contributed by atoms with Crippen LogP contribution in [0, 0.1) is 5.82 Å². The zero-order valence-corrected chi connectivity index (χ0v) is 19.4. The number of halogens is 3. The SMILES string of the molecule is CNC(=O)c1cc2cc(NCC(=O)N3CCc4cc(Cl)cc(Cl)c4C3C)c(F)cc2c(=O)[nH]1. The minimum Gasteiger partial charge on any atom is -0.374 e. The third kappa shape index (κ3) is 4.41. The van der Waals surface area contributed by atoms with Crippen LogP contribution in [0.4, 0.5) is 10.1 Å². The Morgan fingerprint density at radius 3 is 2.70 bits per heavy atom. The fraction of sp³-hybridized carbons (Fsp3) is 0.261. The molecule has 172 valence electrons. The van der Waals surface area contributed by atoms with Gasteiger partial charge < -0.3 is 20.5 Å². The van der Waals surface area contributed by atoms with Gasteiger partial charge in [0.25, 0.3) is 11.5 Å². The summed E-state index contributed by atoms with van der Waals surface area (Å²) in [4.78, 5) is 41.2. The zero-order valence-electron chi connectivity index (χ0n) is 17.9. The number of rotatable bonds is 4. The fourth-order valence-corrected chi connectivity index (χ4v) is 4.89. The van der Waals surface area contributed by atoms with E-state index in [1.165, 1.54) is 19.2 Å². The lowest BCUT2D eigenvalue weighted by atomic mass is 9.93. The predicted octanol–water partition coefficient (Wildman–Crippen LogP) is 3.89. The van der Waals surface area contributed by atoms with E-state index in [2.05, 4.69) is 15.6 Å². The van der Waals surface area contributed by atoms with E-state index in [0.29, 0.717) is 28.4 Å². The van der Waals surface area contributed by atoms with E-state index in [-0.39, 0.29) is 35.3 Å². The molecule has 2 aromatic carbocycles. The number of hydrogen-bond donors (Lipinski definition) is 3. The molecule has 0 aliphatic carbocycles. The first kappa shape index (κ1) is 23.1. The Bertz CT molecular complexity index is 1340. The number of nitrogens with zero attached hydrogens (tertiary/aromatic N) is 1. The highest BCUT2D eigenvalue weighted by atomic mass is 35.5. The molecule has 0 radical (unpaired) electrons. The van der Waals surface area contributed by atoms with E-state index in [9.17, 15) is 18.8 Å². The molecule has 7 nitrogen and oxygen atoms in total. The first-order chi connectivity index (χ1) is 15.7. The number of amides is 2. The highest BCUT2D eigenvalue weighted by Crippen LogP contribution is 2.37. The molecule has 1 aromatic heterocycles. The third-order valence-corrected chi connectivity index (χ3v) is 6.37. The lowest BCUT2D eigenvalue weighted by Crippen LogP contribution is -2.42. The van der Waals surface area contributed by atoms with Crippen molar-refractivity contribution in [2.45, 2.75) is 19.4 Å². The largest absolute Gasteiger partial charge is 0.374 e. The number of anilines is 1. The molecule has 1 unspecified atom stereocenters. The molecule has 1 atom stereocenters. The molecular formula is C23H21Cl2FN4O3. The number of carbonyl (C=O) groups excluding carboxylic acids is 2. The minimum atomic E-state index is -0.678. The van der Waals surface area contributed by atoms with Gasteiger partial charge >= 0.3 is 0 Å². The molecule has 2 amide bonds. The van der Waals surface area contributed by atoms with Gasteiger partial charge in [0.15, 0.2) is 0 Å². The van der Waals surface area contributed by atoms with Gasteiger partial charge in [-0.1, -0.05) is 23.2 Å². The second kappa shape index (κ2) is 9.03. The van der Waals surface area contributed by atoms with Crippen LogP contribution in [0.2, 0.25) is 10.0 Å². The van der Waals surface area contributed by atoms with Crippen LogP contribution in [0.15, 0.2) is 35.1 Å². The average Bonchev–Trinajstić information content (AvgIpc) is 2.77. The predicted molar refractivity (Wildman–Crippen MR) is 127 cm³/mol. The lowest BCUT2D eigenvalue weighted by Gasteiger charge is -2.36. The number of hydrogen-bond acceptors (Lipinski definition) is 4. The molecule has 0 bridgehead atoms. The number of aromatic nitrogens is 1. The fourth-order valence-electron chi connectivity index (χ4n) is 4.20. The quantitative estimate of drug-likeness (QED) is 0.516. The molecule has 10 heteroatoms. The maximum atomic E-state index is 14.6. The van der Waals surface area contributed by atoms with Crippen LogP contribution < -0.4 is 16.2 Å². The van der Waals surface area contributed by atoms with Crippen molar-refractivity contribution in [1.29, 1.82) is 0 Å². The molecule has 4 rings (SSSR count). The molecule has 0 saturated heterocycles. The Balaban J connectivity index is 1.55. The Kier molecular flexibility index (Phi) is 6.32. The van der Waals surface area contributed by atoms with Gasteiger partial charge in [-0.25, -0.2) is 4.39 Å². The van der Waals surface area contributed by atoms with Crippen molar-refractivity contribution < 1.29 is 14.0 Å². The van der Waals surface area contributed by atoms with Gasteiger partial charge in [0.05, 0.1) is 23.7 Å². The summed E-state index contributed by atoms with van der Waals surface area (Å²) in [7, 11) is 1.44. The normalized spacial score (nSPS) is 15.3. The Labute approximate surface area is 198 Å². The maximum absolute atomic E-state index is 14.6. The summed E-state index contributed by atoms with van der Waals surface area (Å²) in [5.74, 6) is -1.37. The second-order valence-corrected chi connectivity index (χ2v) is 8.68. The van der Waals surface area contributed by atoms with Gasteiger partial charge in [0.2, 0.25) is 5.91 Å². The molecule has 33 heavy (non-hydrogen) atoms. The molecule has 3 N–H and O–H groups in total. The zero-order chi connectivity index (χ0) is 23.9. The van der Waals surface area contributed by atoms with Crippen LogP contribution in [-0.4, -0.2) is 41.8 Å². The summed E-state index contributed by atoms with van der Waals surface area (Å²) >= 11 is 12.5. The van der Waals surface area contributed by atoms with Crippen molar-refractivity contribution in [2.24, 2.45) is 0 Å². The number of nitrogens with one attached hydrogen (secondary N) is 3. The molecule has 0 spiro atoms. The number of pyridine rings is 1. The summed E-state index contributed by atoms with van der Waals surface area (Å²) in [6.45, 7) is 2.22.